The minimum Gasteiger partial charge on any atom is -0.379 e. The van der Waals surface area contributed by atoms with Gasteiger partial charge in [-0.15, -0.1) is 0 Å². The van der Waals surface area contributed by atoms with Crippen LogP contribution in [0.15, 0.2) is 53.4 Å². The number of sulfonamides is 1. The van der Waals surface area contributed by atoms with Gasteiger partial charge in [0.25, 0.3) is 0 Å². The van der Waals surface area contributed by atoms with Gasteiger partial charge in [-0.25, -0.2) is 8.42 Å². The number of amides is 1. The number of ether oxygens (including phenoxy) is 2. The summed E-state index contributed by atoms with van der Waals surface area (Å²) in [5, 5.41) is 2.91. The Kier molecular flexibility index (Phi) is 8.81. The molecule has 0 saturated carbocycles. The highest BCUT2D eigenvalue weighted by Gasteiger charge is 2.39. The number of hydrogen-bond acceptors (Lipinski definition) is 5. The zero-order valence-electron chi connectivity index (χ0n) is 18.7. The second kappa shape index (κ2) is 11.6. The fraction of sp³-hybridized carbons (Fsp3) is 0.458. The molecule has 3 rings (SSSR count). The van der Waals surface area contributed by atoms with Gasteiger partial charge in [-0.05, 0) is 49.9 Å². The van der Waals surface area contributed by atoms with Gasteiger partial charge < -0.3 is 14.8 Å². The molecule has 0 bridgehead atoms. The Morgan fingerprint density at radius 2 is 1.81 bits per heavy atom. The third-order valence-corrected chi connectivity index (χ3v) is 7.36. The van der Waals surface area contributed by atoms with Gasteiger partial charge in [-0.2, -0.15) is 4.31 Å². The van der Waals surface area contributed by atoms with E-state index >= 15 is 0 Å². The van der Waals surface area contributed by atoms with Gasteiger partial charge in [0.2, 0.25) is 15.9 Å². The lowest BCUT2D eigenvalue weighted by Crippen LogP contribution is -2.45. The molecule has 1 amide bonds. The maximum Gasteiger partial charge on any atom is 0.243 e. The van der Waals surface area contributed by atoms with E-state index in [0.29, 0.717) is 52.4 Å². The number of carbonyl (C=O) groups is 1. The van der Waals surface area contributed by atoms with Crippen molar-refractivity contribution in [1.82, 2.24) is 9.62 Å². The summed E-state index contributed by atoms with van der Waals surface area (Å²) in [5.41, 5.74) is 2.94. The van der Waals surface area contributed by atoms with Crippen molar-refractivity contribution in [2.24, 2.45) is 0 Å². The zero-order chi connectivity index (χ0) is 23.0. The fourth-order valence-electron chi connectivity index (χ4n) is 3.72. The Morgan fingerprint density at radius 3 is 2.56 bits per heavy atom. The molecule has 2 aromatic rings. The van der Waals surface area contributed by atoms with Gasteiger partial charge in [0, 0.05) is 19.7 Å². The van der Waals surface area contributed by atoms with Gasteiger partial charge in [0.15, 0.2) is 0 Å². The van der Waals surface area contributed by atoms with E-state index in [-0.39, 0.29) is 10.8 Å². The lowest BCUT2D eigenvalue weighted by atomic mass is 10.1. The van der Waals surface area contributed by atoms with Crippen LogP contribution >= 0.6 is 0 Å². The number of nitrogens with zero attached hydrogens (tertiary/aromatic N) is 1. The van der Waals surface area contributed by atoms with Gasteiger partial charge in [-0.3, -0.25) is 4.79 Å². The van der Waals surface area contributed by atoms with E-state index in [1.165, 1.54) is 4.31 Å². The number of hydrogen-bond donors (Lipinski definition) is 1. The van der Waals surface area contributed by atoms with E-state index in [9.17, 15) is 13.2 Å². The molecular weight excluding hydrogens is 428 g/mol. The fourth-order valence-corrected chi connectivity index (χ4v) is 5.38. The van der Waals surface area contributed by atoms with Crippen LogP contribution < -0.4 is 5.32 Å². The summed E-state index contributed by atoms with van der Waals surface area (Å²) in [6.07, 6.45) is 1.18. The molecule has 1 aliphatic rings. The Labute approximate surface area is 190 Å². The zero-order valence-corrected chi connectivity index (χ0v) is 19.6. The van der Waals surface area contributed by atoms with Crippen molar-refractivity contribution >= 4 is 15.9 Å². The largest absolute Gasteiger partial charge is 0.379 e. The van der Waals surface area contributed by atoms with Crippen molar-refractivity contribution < 1.29 is 22.7 Å². The molecule has 1 fully saturated rings. The van der Waals surface area contributed by atoms with Crippen LogP contribution in [0.4, 0.5) is 0 Å². The summed E-state index contributed by atoms with van der Waals surface area (Å²) < 4.78 is 38.3. The summed E-state index contributed by atoms with van der Waals surface area (Å²) in [5.74, 6) is -0.267. The highest BCUT2D eigenvalue weighted by Crippen LogP contribution is 2.26. The first-order valence-corrected chi connectivity index (χ1v) is 12.5. The lowest BCUT2D eigenvalue weighted by molar-refractivity contribution is -0.124. The van der Waals surface area contributed by atoms with Gasteiger partial charge in [-0.1, -0.05) is 42.0 Å². The van der Waals surface area contributed by atoms with Crippen LogP contribution in [0.1, 0.15) is 36.5 Å². The van der Waals surface area contributed by atoms with E-state index < -0.39 is 16.1 Å². The molecule has 1 N–H and O–H groups in total. The van der Waals surface area contributed by atoms with Crippen molar-refractivity contribution in [1.29, 1.82) is 0 Å². The standard InChI is InChI=1S/C24H32N2O5S/c1-3-30-14-15-31-18-21-7-4-6-20(16-21)17-25-24(27)23-8-5-13-26(23)32(28,29)22-11-9-19(2)10-12-22/h4,6-7,9-12,16,23H,3,5,8,13-15,17-18H2,1-2H3,(H,25,27)/t23-/m0/s1. The maximum absolute atomic E-state index is 13.1. The molecule has 7 nitrogen and oxygen atoms in total. The molecule has 0 radical (unpaired) electrons. The SMILES string of the molecule is CCOCCOCc1cccc(CNC(=O)[C@@H]2CCCN2S(=O)(=O)c2ccc(C)cc2)c1. The second-order valence-electron chi connectivity index (χ2n) is 7.87. The monoisotopic (exact) mass is 460 g/mol. The summed E-state index contributed by atoms with van der Waals surface area (Å²) in [6, 6.07) is 13.9. The lowest BCUT2D eigenvalue weighted by Gasteiger charge is -2.23. The van der Waals surface area contributed by atoms with Crippen molar-refractivity contribution in [2.75, 3.05) is 26.4 Å². The van der Waals surface area contributed by atoms with Crippen LogP contribution in [0.5, 0.6) is 0 Å². The predicted molar refractivity (Wildman–Crippen MR) is 123 cm³/mol. The minimum atomic E-state index is -3.71. The molecule has 1 aliphatic heterocycles. The van der Waals surface area contributed by atoms with Crippen LogP contribution in [0, 0.1) is 6.92 Å². The Hall–Kier alpha value is -2.26. The molecule has 1 heterocycles. The van der Waals surface area contributed by atoms with Crippen LogP contribution in [-0.2, 0) is 37.4 Å². The average Bonchev–Trinajstić information content (AvgIpc) is 3.29. The molecule has 0 unspecified atom stereocenters. The third-order valence-electron chi connectivity index (χ3n) is 5.44. The Morgan fingerprint density at radius 1 is 1.09 bits per heavy atom. The van der Waals surface area contributed by atoms with Crippen LogP contribution in [0.2, 0.25) is 0 Å². The molecule has 32 heavy (non-hydrogen) atoms. The highest BCUT2D eigenvalue weighted by molar-refractivity contribution is 7.89. The molecule has 1 atom stereocenters. The molecule has 8 heteroatoms. The van der Waals surface area contributed by atoms with Gasteiger partial charge in [0.05, 0.1) is 24.7 Å². The number of benzene rings is 2. The number of nitrogens with one attached hydrogen (secondary N) is 1. The smallest absolute Gasteiger partial charge is 0.243 e. The van der Waals surface area contributed by atoms with Crippen molar-refractivity contribution in [2.45, 2.75) is 50.8 Å². The molecule has 0 aromatic heterocycles. The first kappa shape index (κ1) is 24.4. The highest BCUT2D eigenvalue weighted by atomic mass is 32.2. The van der Waals surface area contributed by atoms with Crippen molar-refractivity contribution in [3.05, 3.63) is 65.2 Å². The molecule has 1 saturated heterocycles. The molecule has 0 aliphatic carbocycles. The quantitative estimate of drug-likeness (QED) is 0.521. The Balaban J connectivity index is 1.57. The number of rotatable bonds is 11. The normalized spacial score (nSPS) is 16.9. The van der Waals surface area contributed by atoms with E-state index in [1.54, 1.807) is 24.3 Å². The van der Waals surface area contributed by atoms with Gasteiger partial charge in [0.1, 0.15) is 6.04 Å². The summed E-state index contributed by atoms with van der Waals surface area (Å²) in [7, 11) is -3.71. The van der Waals surface area contributed by atoms with E-state index in [4.69, 9.17) is 9.47 Å². The van der Waals surface area contributed by atoms with Crippen molar-refractivity contribution in [3.8, 4) is 0 Å². The Bertz CT molecular complexity index is 992. The molecular formula is C24H32N2O5S. The predicted octanol–water partition coefficient (Wildman–Crippen LogP) is 3.02. The summed E-state index contributed by atoms with van der Waals surface area (Å²) >= 11 is 0. The number of carbonyl (C=O) groups excluding carboxylic acids is 1. The molecule has 174 valence electrons. The minimum absolute atomic E-state index is 0.222. The summed E-state index contributed by atoms with van der Waals surface area (Å²) in [4.78, 5) is 13.1. The maximum atomic E-state index is 13.1. The molecule has 0 spiro atoms. The van der Waals surface area contributed by atoms with E-state index in [0.717, 1.165) is 16.7 Å². The first-order valence-electron chi connectivity index (χ1n) is 11.0. The molecule has 2 aromatic carbocycles. The first-order chi connectivity index (χ1) is 15.4. The second-order valence-corrected chi connectivity index (χ2v) is 9.76. The third kappa shape index (κ3) is 6.38. The van der Waals surface area contributed by atoms with E-state index in [2.05, 4.69) is 5.32 Å². The van der Waals surface area contributed by atoms with Gasteiger partial charge >= 0.3 is 0 Å². The topological polar surface area (TPSA) is 84.9 Å². The van der Waals surface area contributed by atoms with Crippen molar-refractivity contribution in [3.63, 3.8) is 0 Å². The van der Waals surface area contributed by atoms with Crippen LogP contribution in [0.25, 0.3) is 0 Å². The van der Waals surface area contributed by atoms with E-state index in [1.807, 2.05) is 38.1 Å². The summed E-state index contributed by atoms with van der Waals surface area (Å²) in [6.45, 7) is 6.77. The van der Waals surface area contributed by atoms with Crippen LogP contribution in [-0.4, -0.2) is 51.0 Å². The number of aryl methyl sites for hydroxylation is 1. The van der Waals surface area contributed by atoms with Crippen LogP contribution in [0.3, 0.4) is 0 Å². The average molecular weight is 461 g/mol.